The number of rotatable bonds is 16. The van der Waals surface area contributed by atoms with Gasteiger partial charge in [-0.1, -0.05) is 96.8 Å². The number of carbonyl (C=O) groups is 3. The van der Waals surface area contributed by atoms with E-state index in [1.807, 2.05) is 0 Å². The fourth-order valence-electron chi connectivity index (χ4n) is 2.65. The van der Waals surface area contributed by atoms with Gasteiger partial charge in [0.15, 0.2) is 0 Å². The van der Waals surface area contributed by atoms with Gasteiger partial charge in [-0.3, -0.25) is 4.79 Å². The van der Waals surface area contributed by atoms with Gasteiger partial charge in [0, 0.05) is 18.4 Å². The number of hydrogen-bond acceptors (Lipinski definition) is 5. The van der Waals surface area contributed by atoms with Crippen molar-refractivity contribution in [1.82, 2.24) is 0 Å². The summed E-state index contributed by atoms with van der Waals surface area (Å²) in [6, 6.07) is 0. The van der Waals surface area contributed by atoms with Crippen LogP contribution in [0.15, 0.2) is 0 Å². The van der Waals surface area contributed by atoms with E-state index in [4.69, 9.17) is 24.9 Å². The molecular weight excluding hydrogens is 424 g/mol. The van der Waals surface area contributed by atoms with Gasteiger partial charge in [-0.2, -0.15) is 0 Å². The van der Waals surface area contributed by atoms with E-state index in [1.54, 1.807) is 0 Å². The van der Waals surface area contributed by atoms with Crippen molar-refractivity contribution in [3.63, 3.8) is 0 Å². The first kappa shape index (κ1) is 35.4. The number of carbonyl (C=O) groups excluding carboxylic acids is 2. The van der Waals surface area contributed by atoms with Crippen LogP contribution in [0.25, 0.3) is 0 Å². The summed E-state index contributed by atoms with van der Waals surface area (Å²) in [5.74, 6) is -2.82. The zero-order valence-electron chi connectivity index (χ0n) is 18.6. The Bertz CT molecular complexity index is 341. The van der Waals surface area contributed by atoms with Crippen LogP contribution < -0.4 is 10.2 Å². The fraction of sp³-hybridized carbons (Fsp3) is 0.864. The molecule has 0 unspecified atom stereocenters. The first-order valence-electron chi connectivity index (χ1n) is 10.8. The minimum Gasteiger partial charge on any atom is -0.550 e. The van der Waals surface area contributed by atoms with Crippen molar-refractivity contribution >= 4 is 17.9 Å². The quantitative estimate of drug-likeness (QED) is 0.273. The smallest absolute Gasteiger partial charge is 0.550 e. The summed E-state index contributed by atoms with van der Waals surface area (Å²) in [4.78, 5) is 28.1. The minimum absolute atomic E-state index is 0. The van der Waals surface area contributed by atoms with Gasteiger partial charge in [0.05, 0.1) is 0 Å². The third-order valence-corrected chi connectivity index (χ3v) is 3.99. The number of aliphatic carboxylic acids is 3. The molecule has 0 saturated carbocycles. The average molecular weight is 466 g/mol. The van der Waals surface area contributed by atoms with E-state index in [1.165, 1.54) is 83.5 Å². The van der Waals surface area contributed by atoms with Gasteiger partial charge in [0.25, 0.3) is 0 Å². The molecule has 0 spiro atoms. The van der Waals surface area contributed by atoms with Crippen LogP contribution in [0.5, 0.6) is 0 Å². The van der Waals surface area contributed by atoms with Gasteiger partial charge in [-0.15, -0.1) is 0 Å². The number of unbranched alkanes of at least 4 members (excludes halogenated alkanes) is 14. The van der Waals surface area contributed by atoms with Crippen LogP contribution in [-0.4, -0.2) is 23.0 Å². The monoisotopic (exact) mass is 465 g/mol. The van der Waals surface area contributed by atoms with Crippen LogP contribution in [-0.2, 0) is 31.5 Å². The molecule has 0 heterocycles. The van der Waals surface area contributed by atoms with E-state index in [-0.39, 0.29) is 17.1 Å². The van der Waals surface area contributed by atoms with E-state index in [0.717, 1.165) is 26.7 Å². The molecule has 0 aliphatic heterocycles. The van der Waals surface area contributed by atoms with E-state index in [2.05, 4.69) is 6.92 Å². The Morgan fingerprint density at radius 1 is 0.586 bits per heavy atom. The molecule has 0 saturated heterocycles. The minimum atomic E-state index is -1.08. The van der Waals surface area contributed by atoms with Crippen LogP contribution in [0, 0.1) is 0 Å². The van der Waals surface area contributed by atoms with E-state index in [9.17, 15) is 4.79 Å². The van der Waals surface area contributed by atoms with Gasteiger partial charge in [-0.05, 0) is 20.3 Å². The predicted octanol–water partition coefficient (Wildman–Crippen LogP) is 3.84. The molecule has 6 nitrogen and oxygen atoms in total. The van der Waals surface area contributed by atoms with Gasteiger partial charge in [0.2, 0.25) is 0 Å². The number of hydrogen-bond donors (Lipinski definition) is 1. The van der Waals surface area contributed by atoms with E-state index in [0.29, 0.717) is 6.42 Å². The Morgan fingerprint density at radius 3 is 1.00 bits per heavy atom. The zero-order chi connectivity index (χ0) is 22.0. The van der Waals surface area contributed by atoms with Gasteiger partial charge in [-0.25, -0.2) is 0 Å². The molecule has 29 heavy (non-hydrogen) atoms. The zero-order valence-corrected chi connectivity index (χ0v) is 19.5. The number of carboxylic acid groups (broad SMARTS) is 3. The normalized spacial score (nSPS) is 9.21. The number of carboxylic acids is 3. The molecule has 0 rings (SSSR count). The molecule has 0 fully saturated rings. The molecule has 0 aliphatic rings. The molecule has 0 aromatic rings. The summed E-state index contributed by atoms with van der Waals surface area (Å²) in [7, 11) is 0. The molecule has 0 aliphatic carbocycles. The second-order valence-electron chi connectivity index (χ2n) is 7.08. The molecule has 0 aromatic heterocycles. The third-order valence-electron chi connectivity index (χ3n) is 3.99. The second kappa shape index (κ2) is 31.6. The Morgan fingerprint density at radius 2 is 0.793 bits per heavy atom. The van der Waals surface area contributed by atoms with Crippen molar-refractivity contribution in [3.05, 3.63) is 0 Å². The van der Waals surface area contributed by atoms with Crippen LogP contribution >= 0.6 is 0 Å². The first-order valence-corrected chi connectivity index (χ1v) is 10.8. The average Bonchev–Trinajstić information content (AvgIpc) is 2.57. The summed E-state index contributed by atoms with van der Waals surface area (Å²) >= 11 is 0. The largest absolute Gasteiger partial charge is 2.00 e. The molecule has 177 valence electrons. The second-order valence-corrected chi connectivity index (χ2v) is 7.08. The fourth-order valence-corrected chi connectivity index (χ4v) is 2.65. The summed E-state index contributed by atoms with van der Waals surface area (Å²) in [5.41, 5.74) is 0. The molecule has 0 aromatic carbocycles. The third kappa shape index (κ3) is 66.0. The molecule has 7 heteroatoms. The van der Waals surface area contributed by atoms with Crippen molar-refractivity contribution in [1.29, 1.82) is 0 Å². The Kier molecular flexibility index (Phi) is 38.6. The van der Waals surface area contributed by atoms with Crippen molar-refractivity contribution in [2.45, 2.75) is 124 Å². The molecule has 1 radical (unpaired) electrons. The summed E-state index contributed by atoms with van der Waals surface area (Å²) in [6.45, 7) is 4.21. The maximum atomic E-state index is 10.3. The maximum Gasteiger partial charge on any atom is 2.00 e. The summed E-state index contributed by atoms with van der Waals surface area (Å²) in [6.07, 6.45) is 20.2. The Balaban J connectivity index is -0.000000294. The molecular formula is C22H42CuO6. The van der Waals surface area contributed by atoms with Crippen LogP contribution in [0.1, 0.15) is 124 Å². The Hall–Kier alpha value is -1.07. The van der Waals surface area contributed by atoms with Crippen LogP contribution in [0.3, 0.4) is 0 Å². The van der Waals surface area contributed by atoms with Gasteiger partial charge < -0.3 is 24.9 Å². The molecule has 1 N–H and O–H groups in total. The SMILES string of the molecule is CC(=O)[O-].CC(=O)[O-].CCCCCCCCCCCCCCCCCC(=O)O.[Cu+2]. The van der Waals surface area contributed by atoms with Gasteiger partial charge >= 0.3 is 23.0 Å². The van der Waals surface area contributed by atoms with E-state index < -0.39 is 17.9 Å². The van der Waals surface area contributed by atoms with Crippen molar-refractivity contribution in [2.75, 3.05) is 0 Å². The summed E-state index contributed by atoms with van der Waals surface area (Å²) in [5, 5.41) is 26.3. The van der Waals surface area contributed by atoms with Crippen LogP contribution in [0.4, 0.5) is 0 Å². The Labute approximate surface area is 188 Å². The topological polar surface area (TPSA) is 118 Å². The van der Waals surface area contributed by atoms with Crippen molar-refractivity contribution in [2.24, 2.45) is 0 Å². The maximum absolute atomic E-state index is 10.3. The van der Waals surface area contributed by atoms with Crippen molar-refractivity contribution < 1.29 is 46.8 Å². The van der Waals surface area contributed by atoms with Crippen LogP contribution in [0.2, 0.25) is 0 Å². The van der Waals surface area contributed by atoms with Gasteiger partial charge in [0.1, 0.15) is 0 Å². The molecule has 0 amide bonds. The molecule has 0 bridgehead atoms. The van der Waals surface area contributed by atoms with Crippen molar-refractivity contribution in [3.8, 4) is 0 Å². The van der Waals surface area contributed by atoms with E-state index >= 15 is 0 Å². The first-order chi connectivity index (χ1) is 13.2. The predicted molar refractivity (Wildman–Crippen MR) is 109 cm³/mol. The standard InChI is InChI=1S/C18H36O2.2C2H4O2.Cu/c1-2-3-4-5-6-7-8-9-10-11-12-13-14-15-16-17-18(19)20;2*1-2(3)4;/h2-17H2,1H3,(H,19,20);2*1H3,(H,3,4);/q;;;+2/p-2. The summed E-state index contributed by atoms with van der Waals surface area (Å²) < 4.78 is 0. The molecule has 0 atom stereocenters.